The van der Waals surface area contributed by atoms with Crippen molar-refractivity contribution < 1.29 is 19.1 Å². The Kier molecular flexibility index (Phi) is 6.77. The Morgan fingerprint density at radius 2 is 1.83 bits per heavy atom. The second-order valence-electron chi connectivity index (χ2n) is 6.04. The molecular weight excluding hydrogens is 296 g/mol. The highest BCUT2D eigenvalue weighted by atomic mass is 16.5. The summed E-state index contributed by atoms with van der Waals surface area (Å²) in [6.07, 6.45) is 6.82. The molecule has 23 heavy (non-hydrogen) atoms. The first-order valence-corrected chi connectivity index (χ1v) is 8.56. The lowest BCUT2D eigenvalue weighted by atomic mass is 10.1. The molecule has 6 heteroatoms. The summed E-state index contributed by atoms with van der Waals surface area (Å²) in [5.41, 5.74) is 0.465. The number of morpholine rings is 1. The normalized spacial score (nSPS) is 19.1. The first-order chi connectivity index (χ1) is 11.1. The van der Waals surface area contributed by atoms with Crippen LogP contribution in [0.2, 0.25) is 0 Å². The second-order valence-corrected chi connectivity index (χ2v) is 6.04. The number of carbonyl (C=O) groups is 3. The average molecular weight is 322 g/mol. The number of amides is 2. The Bertz CT molecular complexity index is 481. The number of rotatable bonds is 7. The molecule has 1 saturated heterocycles. The molecular formula is C17H26N2O4. The summed E-state index contributed by atoms with van der Waals surface area (Å²) in [4.78, 5) is 39.4. The van der Waals surface area contributed by atoms with Crippen molar-refractivity contribution in [2.24, 2.45) is 0 Å². The average Bonchev–Trinajstić information content (AvgIpc) is 2.55. The van der Waals surface area contributed by atoms with E-state index in [4.69, 9.17) is 4.74 Å². The lowest BCUT2D eigenvalue weighted by Crippen LogP contribution is -2.44. The van der Waals surface area contributed by atoms with Crippen LogP contribution < -0.4 is 0 Å². The third-order valence-electron chi connectivity index (χ3n) is 4.23. The molecule has 0 aromatic carbocycles. The molecule has 0 saturated carbocycles. The molecule has 128 valence electrons. The van der Waals surface area contributed by atoms with E-state index in [2.05, 4.69) is 6.92 Å². The lowest BCUT2D eigenvalue weighted by molar-refractivity contribution is -0.144. The quantitative estimate of drug-likeness (QED) is 0.528. The van der Waals surface area contributed by atoms with E-state index >= 15 is 0 Å². The number of unbranched alkanes of at least 4 members (excludes halogenated alkanes) is 4. The number of allylic oxidation sites excluding steroid dienone is 1. The standard InChI is InChI=1S/C17H26N2O4/c1-2-3-4-5-6-7-16(21)19-13-14(15(20)12-17(19)22)18-8-10-23-11-9-18/h13H,2-12H2,1H3. The zero-order valence-electron chi connectivity index (χ0n) is 13.9. The van der Waals surface area contributed by atoms with Crippen LogP contribution in [0.1, 0.15) is 51.9 Å². The number of nitrogens with zero attached hydrogens (tertiary/aromatic N) is 2. The summed E-state index contributed by atoms with van der Waals surface area (Å²) in [5, 5.41) is 0. The van der Waals surface area contributed by atoms with E-state index in [1.807, 2.05) is 4.90 Å². The van der Waals surface area contributed by atoms with Crippen molar-refractivity contribution >= 4 is 17.6 Å². The zero-order chi connectivity index (χ0) is 16.7. The van der Waals surface area contributed by atoms with Gasteiger partial charge in [0.1, 0.15) is 0 Å². The first kappa shape index (κ1) is 17.7. The smallest absolute Gasteiger partial charge is 0.241 e. The van der Waals surface area contributed by atoms with Gasteiger partial charge in [0.05, 0.1) is 25.3 Å². The lowest BCUT2D eigenvalue weighted by Gasteiger charge is -2.33. The van der Waals surface area contributed by atoms with Gasteiger partial charge in [0.25, 0.3) is 0 Å². The predicted molar refractivity (Wildman–Crippen MR) is 85.3 cm³/mol. The number of hydrogen-bond acceptors (Lipinski definition) is 5. The Morgan fingerprint density at radius 1 is 1.13 bits per heavy atom. The molecule has 2 rings (SSSR count). The summed E-state index contributed by atoms with van der Waals surface area (Å²) >= 11 is 0. The molecule has 2 heterocycles. The number of ketones is 1. The van der Waals surface area contributed by atoms with Crippen LogP contribution >= 0.6 is 0 Å². The van der Waals surface area contributed by atoms with Crippen LogP contribution in [-0.2, 0) is 19.1 Å². The van der Waals surface area contributed by atoms with Crippen molar-refractivity contribution in [3.8, 4) is 0 Å². The molecule has 0 atom stereocenters. The maximum Gasteiger partial charge on any atom is 0.241 e. The summed E-state index contributed by atoms with van der Waals surface area (Å²) in [7, 11) is 0. The summed E-state index contributed by atoms with van der Waals surface area (Å²) in [5.74, 6) is -0.820. The van der Waals surface area contributed by atoms with Gasteiger partial charge in [0, 0.05) is 25.7 Å². The minimum absolute atomic E-state index is 0.204. The van der Waals surface area contributed by atoms with Crippen LogP contribution in [0.3, 0.4) is 0 Å². The Balaban J connectivity index is 1.95. The van der Waals surface area contributed by atoms with E-state index in [1.165, 1.54) is 12.6 Å². The van der Waals surface area contributed by atoms with Gasteiger partial charge in [-0.3, -0.25) is 19.3 Å². The van der Waals surface area contributed by atoms with Crippen LogP contribution in [0.4, 0.5) is 0 Å². The highest BCUT2D eigenvalue weighted by Gasteiger charge is 2.32. The monoisotopic (exact) mass is 322 g/mol. The van der Waals surface area contributed by atoms with Gasteiger partial charge in [-0.2, -0.15) is 0 Å². The fraction of sp³-hybridized carbons (Fsp3) is 0.706. The number of hydrogen-bond donors (Lipinski definition) is 0. The molecule has 0 unspecified atom stereocenters. The molecule has 1 fully saturated rings. The van der Waals surface area contributed by atoms with Crippen molar-refractivity contribution in [3.05, 3.63) is 11.9 Å². The molecule has 6 nitrogen and oxygen atoms in total. The SMILES string of the molecule is CCCCCCCC(=O)N1C=C(N2CCOCC2)C(=O)CC1=O. The third-order valence-corrected chi connectivity index (χ3v) is 4.23. The molecule has 2 aliphatic heterocycles. The maximum atomic E-state index is 12.3. The van der Waals surface area contributed by atoms with Crippen LogP contribution in [0.5, 0.6) is 0 Å². The minimum atomic E-state index is -0.412. The topological polar surface area (TPSA) is 66.9 Å². The van der Waals surface area contributed by atoms with Gasteiger partial charge in [0.15, 0.2) is 5.78 Å². The van der Waals surface area contributed by atoms with Crippen LogP contribution in [-0.4, -0.2) is 53.7 Å². The van der Waals surface area contributed by atoms with Gasteiger partial charge in [-0.1, -0.05) is 32.6 Å². The molecule has 0 spiro atoms. The largest absolute Gasteiger partial charge is 0.378 e. The van der Waals surface area contributed by atoms with Crippen molar-refractivity contribution in [2.45, 2.75) is 51.9 Å². The van der Waals surface area contributed by atoms with Gasteiger partial charge in [-0.15, -0.1) is 0 Å². The molecule has 2 amide bonds. The van der Waals surface area contributed by atoms with Gasteiger partial charge >= 0.3 is 0 Å². The number of ether oxygens (including phenoxy) is 1. The second kappa shape index (κ2) is 8.82. The highest BCUT2D eigenvalue weighted by Crippen LogP contribution is 2.19. The maximum absolute atomic E-state index is 12.3. The fourth-order valence-electron chi connectivity index (χ4n) is 2.85. The van der Waals surface area contributed by atoms with E-state index in [-0.39, 0.29) is 18.1 Å². The summed E-state index contributed by atoms with van der Waals surface area (Å²) in [6, 6.07) is 0. The number of imide groups is 1. The van der Waals surface area contributed by atoms with E-state index in [0.29, 0.717) is 38.4 Å². The Morgan fingerprint density at radius 3 is 2.52 bits per heavy atom. The molecule has 0 aliphatic carbocycles. The third kappa shape index (κ3) is 4.89. The van der Waals surface area contributed by atoms with E-state index in [0.717, 1.165) is 30.6 Å². The Labute approximate surface area is 137 Å². The van der Waals surface area contributed by atoms with Crippen LogP contribution in [0, 0.1) is 0 Å². The molecule has 0 N–H and O–H groups in total. The van der Waals surface area contributed by atoms with Crippen molar-refractivity contribution in [1.29, 1.82) is 0 Å². The van der Waals surface area contributed by atoms with Gasteiger partial charge < -0.3 is 9.64 Å². The first-order valence-electron chi connectivity index (χ1n) is 8.56. The Hall–Kier alpha value is -1.69. The van der Waals surface area contributed by atoms with Gasteiger partial charge in [0.2, 0.25) is 11.8 Å². The van der Waals surface area contributed by atoms with Crippen molar-refractivity contribution in [2.75, 3.05) is 26.3 Å². The van der Waals surface area contributed by atoms with E-state index < -0.39 is 5.91 Å². The zero-order valence-corrected chi connectivity index (χ0v) is 13.9. The number of Topliss-reactive ketones (excluding diaryl/α,β-unsaturated/α-hetero) is 1. The van der Waals surface area contributed by atoms with E-state index in [9.17, 15) is 14.4 Å². The molecule has 0 aromatic heterocycles. The number of carbonyl (C=O) groups excluding carboxylic acids is 3. The molecule has 0 radical (unpaired) electrons. The minimum Gasteiger partial charge on any atom is -0.378 e. The predicted octanol–water partition coefficient (Wildman–Crippen LogP) is 1.85. The van der Waals surface area contributed by atoms with E-state index in [1.54, 1.807) is 0 Å². The summed E-state index contributed by atoms with van der Waals surface area (Å²) in [6.45, 7) is 4.50. The van der Waals surface area contributed by atoms with Crippen molar-refractivity contribution in [3.63, 3.8) is 0 Å². The summed E-state index contributed by atoms with van der Waals surface area (Å²) < 4.78 is 5.28. The fourth-order valence-corrected chi connectivity index (χ4v) is 2.85. The highest BCUT2D eigenvalue weighted by molar-refractivity contribution is 6.13. The molecule has 0 bridgehead atoms. The van der Waals surface area contributed by atoms with Crippen LogP contribution in [0.25, 0.3) is 0 Å². The molecule has 2 aliphatic rings. The van der Waals surface area contributed by atoms with Crippen LogP contribution in [0.15, 0.2) is 11.9 Å². The van der Waals surface area contributed by atoms with Crippen molar-refractivity contribution in [1.82, 2.24) is 9.80 Å². The van der Waals surface area contributed by atoms with Gasteiger partial charge in [-0.25, -0.2) is 0 Å². The molecule has 0 aromatic rings. The van der Waals surface area contributed by atoms with Gasteiger partial charge in [-0.05, 0) is 6.42 Å².